The van der Waals surface area contributed by atoms with E-state index in [-0.39, 0.29) is 5.69 Å². The van der Waals surface area contributed by atoms with Crippen LogP contribution in [0, 0.1) is 0 Å². The van der Waals surface area contributed by atoms with Crippen LogP contribution in [0.1, 0.15) is 0 Å². The molecule has 1 aromatic carbocycles. The topological polar surface area (TPSA) is 87.6 Å². The smallest absolute Gasteiger partial charge is 0.340 e. The molecule has 0 saturated heterocycles. The summed E-state index contributed by atoms with van der Waals surface area (Å²) in [4.78, 5) is 13.3. The Morgan fingerprint density at radius 3 is 2.79 bits per heavy atom. The minimum Gasteiger partial charge on any atom is -0.398 e. The first-order valence-corrected chi connectivity index (χ1v) is 4.66. The first-order valence-electron chi connectivity index (χ1n) is 3.87. The maximum atomic E-state index is 10.8. The standard InChI is InChI=1S/C8H7BrN4O/c9-5-2-1-4(3-6(5)10)7-11-8(14)13-12-7/h1-3H,10H2,(H2,11,12,13,14). The van der Waals surface area contributed by atoms with Crippen molar-refractivity contribution in [1.82, 2.24) is 15.2 Å². The predicted molar refractivity (Wildman–Crippen MR) is 56.8 cm³/mol. The van der Waals surface area contributed by atoms with Crippen molar-refractivity contribution in [1.29, 1.82) is 0 Å². The highest BCUT2D eigenvalue weighted by Gasteiger charge is 2.03. The summed E-state index contributed by atoms with van der Waals surface area (Å²) in [6.07, 6.45) is 0. The lowest BCUT2D eigenvalue weighted by atomic mass is 10.2. The Kier molecular flexibility index (Phi) is 2.12. The van der Waals surface area contributed by atoms with Crippen LogP contribution in [0.4, 0.5) is 5.69 Å². The highest BCUT2D eigenvalue weighted by Crippen LogP contribution is 2.24. The van der Waals surface area contributed by atoms with Gasteiger partial charge in [0, 0.05) is 15.7 Å². The molecule has 0 aliphatic heterocycles. The third-order valence-corrected chi connectivity index (χ3v) is 2.49. The first kappa shape index (κ1) is 9.01. The van der Waals surface area contributed by atoms with E-state index >= 15 is 0 Å². The largest absolute Gasteiger partial charge is 0.398 e. The fraction of sp³-hybridized carbons (Fsp3) is 0. The fourth-order valence-electron chi connectivity index (χ4n) is 1.10. The maximum Gasteiger partial charge on any atom is 0.340 e. The van der Waals surface area contributed by atoms with Crippen LogP contribution in [0.5, 0.6) is 0 Å². The molecule has 1 heterocycles. The van der Waals surface area contributed by atoms with Crippen molar-refractivity contribution in [3.8, 4) is 11.4 Å². The van der Waals surface area contributed by atoms with Crippen LogP contribution in [-0.4, -0.2) is 15.2 Å². The number of rotatable bonds is 1. The summed E-state index contributed by atoms with van der Waals surface area (Å²) < 4.78 is 0.819. The van der Waals surface area contributed by atoms with Gasteiger partial charge in [-0.2, -0.15) is 5.10 Å². The molecule has 0 unspecified atom stereocenters. The van der Waals surface area contributed by atoms with Crippen LogP contribution in [-0.2, 0) is 0 Å². The quantitative estimate of drug-likeness (QED) is 0.667. The molecule has 4 N–H and O–H groups in total. The molecule has 0 aliphatic carbocycles. The number of nitrogens with one attached hydrogen (secondary N) is 2. The highest BCUT2D eigenvalue weighted by molar-refractivity contribution is 9.10. The van der Waals surface area contributed by atoms with Crippen molar-refractivity contribution in [2.45, 2.75) is 0 Å². The molecule has 0 saturated carbocycles. The number of nitrogen functional groups attached to an aromatic ring is 1. The van der Waals surface area contributed by atoms with E-state index in [9.17, 15) is 4.79 Å². The summed E-state index contributed by atoms with van der Waals surface area (Å²) in [5.74, 6) is 0.481. The van der Waals surface area contributed by atoms with E-state index in [1.807, 2.05) is 6.07 Å². The van der Waals surface area contributed by atoms with Crippen molar-refractivity contribution in [3.05, 3.63) is 33.2 Å². The minimum atomic E-state index is -0.332. The molecule has 0 spiro atoms. The van der Waals surface area contributed by atoms with Crippen molar-refractivity contribution >= 4 is 21.6 Å². The molecule has 2 rings (SSSR count). The molecule has 0 amide bonds. The molecule has 14 heavy (non-hydrogen) atoms. The van der Waals surface area contributed by atoms with Gasteiger partial charge in [0.15, 0.2) is 5.82 Å². The molecule has 1 aromatic heterocycles. The Morgan fingerprint density at radius 2 is 2.21 bits per heavy atom. The van der Waals surface area contributed by atoms with E-state index in [1.165, 1.54) is 0 Å². The molecule has 0 bridgehead atoms. The summed E-state index contributed by atoms with van der Waals surface area (Å²) >= 11 is 3.28. The van der Waals surface area contributed by atoms with E-state index in [0.717, 1.165) is 10.0 Å². The maximum absolute atomic E-state index is 10.8. The van der Waals surface area contributed by atoms with Crippen LogP contribution in [0.25, 0.3) is 11.4 Å². The van der Waals surface area contributed by atoms with Gasteiger partial charge >= 0.3 is 5.69 Å². The Bertz CT molecular complexity index is 516. The Morgan fingerprint density at radius 1 is 1.43 bits per heavy atom. The monoisotopic (exact) mass is 254 g/mol. The van der Waals surface area contributed by atoms with Gasteiger partial charge in [-0.25, -0.2) is 9.89 Å². The fourth-order valence-corrected chi connectivity index (χ4v) is 1.34. The molecule has 0 radical (unpaired) electrons. The van der Waals surface area contributed by atoms with Gasteiger partial charge in [-0.3, -0.25) is 4.98 Å². The number of benzene rings is 1. The normalized spacial score (nSPS) is 10.4. The molecular formula is C8H7BrN4O. The lowest BCUT2D eigenvalue weighted by Gasteiger charge is -1.99. The predicted octanol–water partition coefficient (Wildman–Crippen LogP) is 1.11. The van der Waals surface area contributed by atoms with Crippen molar-refractivity contribution < 1.29 is 0 Å². The lowest BCUT2D eigenvalue weighted by molar-refractivity contribution is 1.05. The van der Waals surface area contributed by atoms with Gasteiger partial charge in [0.1, 0.15) is 0 Å². The lowest BCUT2D eigenvalue weighted by Crippen LogP contribution is -2.00. The number of nitrogens with zero attached hydrogens (tertiary/aromatic N) is 1. The number of halogens is 1. The van der Waals surface area contributed by atoms with Crippen LogP contribution in [0.3, 0.4) is 0 Å². The average molecular weight is 255 g/mol. The van der Waals surface area contributed by atoms with E-state index in [0.29, 0.717) is 11.5 Å². The molecular weight excluding hydrogens is 248 g/mol. The average Bonchev–Trinajstić information content (AvgIpc) is 2.57. The number of anilines is 1. The molecule has 72 valence electrons. The Balaban J connectivity index is 2.52. The Labute approximate surface area is 87.5 Å². The SMILES string of the molecule is Nc1cc(-c2n[nH]c(=O)[nH]2)ccc1Br. The van der Waals surface area contributed by atoms with E-state index < -0.39 is 0 Å². The van der Waals surface area contributed by atoms with Gasteiger partial charge in [-0.1, -0.05) is 0 Å². The van der Waals surface area contributed by atoms with Gasteiger partial charge < -0.3 is 5.73 Å². The van der Waals surface area contributed by atoms with E-state index in [2.05, 4.69) is 31.1 Å². The van der Waals surface area contributed by atoms with Crippen LogP contribution >= 0.6 is 15.9 Å². The van der Waals surface area contributed by atoms with Gasteiger partial charge in [0.25, 0.3) is 0 Å². The van der Waals surface area contributed by atoms with Gasteiger partial charge in [0.05, 0.1) is 0 Å². The van der Waals surface area contributed by atoms with Crippen LogP contribution < -0.4 is 11.4 Å². The second-order valence-corrected chi connectivity index (χ2v) is 3.62. The zero-order valence-corrected chi connectivity index (χ0v) is 8.63. The van der Waals surface area contributed by atoms with Gasteiger partial charge in [-0.15, -0.1) is 0 Å². The number of hydrogen-bond acceptors (Lipinski definition) is 3. The Hall–Kier alpha value is -1.56. The molecule has 0 aliphatic rings. The third kappa shape index (κ3) is 1.56. The van der Waals surface area contributed by atoms with Crippen LogP contribution in [0.15, 0.2) is 27.5 Å². The highest BCUT2D eigenvalue weighted by atomic mass is 79.9. The number of aromatic nitrogens is 3. The zero-order valence-electron chi connectivity index (χ0n) is 7.04. The molecule has 2 aromatic rings. The first-order chi connectivity index (χ1) is 6.66. The minimum absolute atomic E-state index is 0.332. The van der Waals surface area contributed by atoms with Crippen LogP contribution in [0.2, 0.25) is 0 Å². The number of hydrogen-bond donors (Lipinski definition) is 3. The van der Waals surface area contributed by atoms with E-state index in [1.54, 1.807) is 12.1 Å². The summed E-state index contributed by atoms with van der Waals surface area (Å²) in [5.41, 5.74) is 6.73. The number of aromatic amines is 2. The third-order valence-electron chi connectivity index (χ3n) is 1.77. The molecule has 0 atom stereocenters. The van der Waals surface area contributed by atoms with Gasteiger partial charge in [0.2, 0.25) is 0 Å². The van der Waals surface area contributed by atoms with Gasteiger partial charge in [-0.05, 0) is 34.1 Å². The van der Waals surface area contributed by atoms with Crippen molar-refractivity contribution in [2.24, 2.45) is 0 Å². The molecule has 0 fully saturated rings. The summed E-state index contributed by atoms with van der Waals surface area (Å²) in [6, 6.07) is 5.35. The summed E-state index contributed by atoms with van der Waals surface area (Å²) in [6.45, 7) is 0. The second kappa shape index (κ2) is 3.30. The zero-order chi connectivity index (χ0) is 10.1. The summed E-state index contributed by atoms with van der Waals surface area (Å²) in [5, 5.41) is 6.08. The van der Waals surface area contributed by atoms with Crippen molar-refractivity contribution in [3.63, 3.8) is 0 Å². The second-order valence-electron chi connectivity index (χ2n) is 2.76. The number of nitrogens with two attached hydrogens (primary N) is 1. The number of H-pyrrole nitrogens is 2. The van der Waals surface area contributed by atoms with E-state index in [4.69, 9.17) is 5.73 Å². The van der Waals surface area contributed by atoms with Crippen molar-refractivity contribution in [2.75, 3.05) is 5.73 Å². The molecule has 5 nitrogen and oxygen atoms in total. The molecule has 6 heteroatoms. The summed E-state index contributed by atoms with van der Waals surface area (Å²) in [7, 11) is 0.